The Hall–Kier alpha value is -2.58. The summed E-state index contributed by atoms with van der Waals surface area (Å²) in [5, 5.41) is 5.28. The molecule has 2 amide bonds. The number of aryl methyl sites for hydroxylation is 1. The average molecular weight is 370 g/mol. The molecule has 2 N–H and O–H groups in total. The summed E-state index contributed by atoms with van der Waals surface area (Å²) < 4.78 is 40.2. The van der Waals surface area contributed by atoms with Crippen LogP contribution in [0, 0.1) is 0 Å². The lowest BCUT2D eigenvalue weighted by atomic mass is 10.2. The summed E-state index contributed by atoms with van der Waals surface area (Å²) in [6.45, 7) is 3.99. The number of imidazole rings is 1. The van der Waals surface area contributed by atoms with E-state index in [4.69, 9.17) is 0 Å². The monoisotopic (exact) mass is 370 g/mol. The number of hydrogen-bond acceptors (Lipinski definition) is 3. The largest absolute Gasteiger partial charge is 0.417 e. The van der Waals surface area contributed by atoms with E-state index in [-0.39, 0.29) is 18.1 Å². The molecular formula is C17H21F3N4O2. The van der Waals surface area contributed by atoms with Crippen LogP contribution in [0.5, 0.6) is 0 Å². The topological polar surface area (TPSA) is 75.5 Å². The fraction of sp³-hybridized carbons (Fsp3) is 0.471. The smallest absolute Gasteiger partial charge is 0.356 e. The standard InChI is InChI=1S/C17H21F3N4O2/c1-3-5-13-15(16(26)22-9-4-8-21-11(2)25)24-10-12(17(18,19)20)6-7-14(24)23-13/h6-7,10H,3-5,8-9H2,1-2H3,(H,21,25)(H,22,26). The lowest BCUT2D eigenvalue weighted by Crippen LogP contribution is -2.30. The molecule has 0 atom stereocenters. The molecule has 0 aromatic carbocycles. The predicted molar refractivity (Wildman–Crippen MR) is 89.8 cm³/mol. The number of aromatic nitrogens is 2. The van der Waals surface area contributed by atoms with Crippen LogP contribution < -0.4 is 10.6 Å². The van der Waals surface area contributed by atoms with Gasteiger partial charge in [-0.1, -0.05) is 13.3 Å². The molecule has 0 unspecified atom stereocenters. The van der Waals surface area contributed by atoms with Crippen LogP contribution in [0.3, 0.4) is 0 Å². The van der Waals surface area contributed by atoms with Gasteiger partial charge in [0.15, 0.2) is 0 Å². The van der Waals surface area contributed by atoms with Crippen LogP contribution in [0.25, 0.3) is 5.65 Å². The van der Waals surface area contributed by atoms with Gasteiger partial charge >= 0.3 is 6.18 Å². The number of alkyl halides is 3. The first-order chi connectivity index (χ1) is 12.2. The molecule has 0 saturated heterocycles. The summed E-state index contributed by atoms with van der Waals surface area (Å²) in [6.07, 6.45) is -1.90. The van der Waals surface area contributed by atoms with Crippen molar-refractivity contribution < 1.29 is 22.8 Å². The summed E-state index contributed by atoms with van der Waals surface area (Å²) in [4.78, 5) is 27.6. The van der Waals surface area contributed by atoms with Crippen molar-refractivity contribution in [1.82, 2.24) is 20.0 Å². The number of nitrogens with one attached hydrogen (secondary N) is 2. The van der Waals surface area contributed by atoms with E-state index in [0.29, 0.717) is 37.1 Å². The number of pyridine rings is 1. The molecule has 142 valence electrons. The number of rotatable bonds is 7. The van der Waals surface area contributed by atoms with Gasteiger partial charge in [0.25, 0.3) is 5.91 Å². The summed E-state index contributed by atoms with van der Waals surface area (Å²) in [6, 6.07) is 2.21. The number of carbonyl (C=O) groups is 2. The Morgan fingerprint density at radius 2 is 1.88 bits per heavy atom. The molecule has 6 nitrogen and oxygen atoms in total. The quantitative estimate of drug-likeness (QED) is 0.736. The summed E-state index contributed by atoms with van der Waals surface area (Å²) >= 11 is 0. The molecule has 2 rings (SSSR count). The molecule has 9 heteroatoms. The first-order valence-corrected chi connectivity index (χ1v) is 8.34. The Bertz CT molecular complexity index is 799. The second-order valence-corrected chi connectivity index (χ2v) is 5.89. The normalized spacial score (nSPS) is 11.6. The molecule has 0 aliphatic heterocycles. The lowest BCUT2D eigenvalue weighted by Gasteiger charge is -2.10. The van der Waals surface area contributed by atoms with Gasteiger partial charge in [-0.15, -0.1) is 0 Å². The Labute approximate surface area is 148 Å². The van der Waals surface area contributed by atoms with E-state index in [1.54, 1.807) is 0 Å². The van der Waals surface area contributed by atoms with Crippen molar-refractivity contribution >= 4 is 17.5 Å². The van der Waals surface area contributed by atoms with Gasteiger partial charge in [0.2, 0.25) is 5.91 Å². The third-order valence-electron chi connectivity index (χ3n) is 3.73. The highest BCUT2D eigenvalue weighted by atomic mass is 19.4. The number of halogens is 3. The van der Waals surface area contributed by atoms with Crippen LogP contribution in [-0.4, -0.2) is 34.3 Å². The molecule has 0 bridgehead atoms. The zero-order valence-corrected chi connectivity index (χ0v) is 14.6. The third kappa shape index (κ3) is 4.74. The molecule has 0 aliphatic carbocycles. The van der Waals surface area contributed by atoms with Gasteiger partial charge in [-0.25, -0.2) is 4.98 Å². The zero-order chi connectivity index (χ0) is 19.3. The maximum Gasteiger partial charge on any atom is 0.417 e. The van der Waals surface area contributed by atoms with Gasteiger partial charge in [-0.05, 0) is 25.0 Å². The van der Waals surface area contributed by atoms with Gasteiger partial charge in [-0.2, -0.15) is 13.2 Å². The number of nitrogens with zero attached hydrogens (tertiary/aromatic N) is 2. The molecule has 26 heavy (non-hydrogen) atoms. The molecule has 2 aromatic rings. The van der Waals surface area contributed by atoms with Crippen LogP contribution in [0.4, 0.5) is 13.2 Å². The molecule has 0 radical (unpaired) electrons. The molecule has 2 aromatic heterocycles. The molecule has 0 saturated carbocycles. The minimum Gasteiger partial charge on any atom is -0.356 e. The van der Waals surface area contributed by atoms with E-state index in [1.807, 2.05) is 6.92 Å². The van der Waals surface area contributed by atoms with Crippen molar-refractivity contribution in [3.8, 4) is 0 Å². The number of hydrogen-bond donors (Lipinski definition) is 2. The van der Waals surface area contributed by atoms with Crippen molar-refractivity contribution in [3.63, 3.8) is 0 Å². The second kappa shape index (κ2) is 8.20. The molecule has 0 spiro atoms. The van der Waals surface area contributed by atoms with Crippen molar-refractivity contribution in [3.05, 3.63) is 35.3 Å². The van der Waals surface area contributed by atoms with Crippen LogP contribution in [0.1, 0.15) is 48.4 Å². The Kier molecular flexibility index (Phi) is 6.23. The first kappa shape index (κ1) is 19.7. The van der Waals surface area contributed by atoms with Crippen LogP contribution in [-0.2, 0) is 17.4 Å². The fourth-order valence-corrected chi connectivity index (χ4v) is 2.55. The predicted octanol–water partition coefficient (Wildman–Crippen LogP) is 2.56. The highest BCUT2D eigenvalue weighted by Gasteiger charge is 2.31. The summed E-state index contributed by atoms with van der Waals surface area (Å²) in [5.74, 6) is -0.647. The number of fused-ring (bicyclic) bond motifs is 1. The van der Waals surface area contributed by atoms with E-state index < -0.39 is 17.6 Å². The highest BCUT2D eigenvalue weighted by Crippen LogP contribution is 2.30. The minimum atomic E-state index is -4.50. The van der Waals surface area contributed by atoms with Crippen molar-refractivity contribution in [2.75, 3.05) is 13.1 Å². The SMILES string of the molecule is CCCc1nc2ccc(C(F)(F)F)cn2c1C(=O)NCCCNC(C)=O. The average Bonchev–Trinajstić information content (AvgIpc) is 2.90. The fourth-order valence-electron chi connectivity index (χ4n) is 2.55. The van der Waals surface area contributed by atoms with Crippen LogP contribution in [0.15, 0.2) is 18.3 Å². The van der Waals surface area contributed by atoms with E-state index >= 15 is 0 Å². The van der Waals surface area contributed by atoms with E-state index in [1.165, 1.54) is 17.4 Å². The lowest BCUT2D eigenvalue weighted by molar-refractivity contribution is -0.137. The van der Waals surface area contributed by atoms with Crippen molar-refractivity contribution in [2.24, 2.45) is 0 Å². The molecule has 2 heterocycles. The summed E-state index contributed by atoms with van der Waals surface area (Å²) in [5.41, 5.74) is 0.0358. The highest BCUT2D eigenvalue weighted by molar-refractivity contribution is 5.94. The van der Waals surface area contributed by atoms with Gasteiger partial charge in [0.1, 0.15) is 11.3 Å². The molecular weight excluding hydrogens is 349 g/mol. The molecule has 0 aliphatic rings. The Balaban J connectivity index is 2.25. The van der Waals surface area contributed by atoms with E-state index in [2.05, 4.69) is 15.6 Å². The maximum atomic E-state index is 13.0. The van der Waals surface area contributed by atoms with E-state index in [9.17, 15) is 22.8 Å². The Morgan fingerprint density at radius 3 is 2.50 bits per heavy atom. The number of carbonyl (C=O) groups excluding carboxylic acids is 2. The first-order valence-electron chi connectivity index (χ1n) is 8.34. The van der Waals surface area contributed by atoms with Crippen LogP contribution >= 0.6 is 0 Å². The van der Waals surface area contributed by atoms with Gasteiger partial charge < -0.3 is 10.6 Å². The third-order valence-corrected chi connectivity index (χ3v) is 3.73. The Morgan fingerprint density at radius 1 is 1.19 bits per heavy atom. The van der Waals surface area contributed by atoms with E-state index in [0.717, 1.165) is 12.3 Å². The van der Waals surface area contributed by atoms with Gasteiger partial charge in [0.05, 0.1) is 11.3 Å². The summed E-state index contributed by atoms with van der Waals surface area (Å²) in [7, 11) is 0. The number of amides is 2. The van der Waals surface area contributed by atoms with Crippen molar-refractivity contribution in [2.45, 2.75) is 39.3 Å². The van der Waals surface area contributed by atoms with Crippen molar-refractivity contribution in [1.29, 1.82) is 0 Å². The zero-order valence-electron chi connectivity index (χ0n) is 14.6. The molecule has 0 fully saturated rings. The minimum absolute atomic E-state index is 0.118. The van der Waals surface area contributed by atoms with Gasteiger partial charge in [0, 0.05) is 26.2 Å². The van der Waals surface area contributed by atoms with Crippen LogP contribution in [0.2, 0.25) is 0 Å². The second-order valence-electron chi connectivity index (χ2n) is 5.89. The van der Waals surface area contributed by atoms with Gasteiger partial charge in [-0.3, -0.25) is 14.0 Å². The maximum absolute atomic E-state index is 13.0.